The quantitative estimate of drug-likeness (QED) is 0.374. The van der Waals surface area contributed by atoms with Crippen molar-refractivity contribution in [3.05, 3.63) is 35.9 Å². The molecule has 3 N–H and O–H groups in total. The van der Waals surface area contributed by atoms with E-state index in [2.05, 4.69) is 10.6 Å². The number of likely N-dealkylation sites (tertiary alicyclic amines) is 1. The number of nitrogens with zero attached hydrogens (tertiary/aromatic N) is 1. The van der Waals surface area contributed by atoms with Gasteiger partial charge in [0, 0.05) is 24.9 Å². The molecule has 2 atom stereocenters. The van der Waals surface area contributed by atoms with E-state index < -0.39 is 35.4 Å². The first-order chi connectivity index (χ1) is 15.1. The molecular weight excluding hydrogens is 414 g/mol. The van der Waals surface area contributed by atoms with E-state index >= 15 is 0 Å². The molecule has 0 saturated carbocycles. The minimum Gasteiger partial charge on any atom is -0.465 e. The first kappa shape index (κ1) is 25.2. The molecule has 0 spiro atoms. The molecule has 1 saturated heterocycles. The van der Waals surface area contributed by atoms with Gasteiger partial charge in [-0.05, 0) is 25.3 Å². The van der Waals surface area contributed by atoms with Gasteiger partial charge >= 0.3 is 12.2 Å². The standard InChI is InChI=1S/C23H33N3O6/c1-16(17-10-6-4-7-11-17)25-20(28)18(27)12-8-5-9-13-24-21(29)32-19-14-26(22(30)31)15-23(19,2)3/h4,6-7,10-11,16,19H,5,8-9,12-15H2,1-3H3,(H,24,29)(H,25,28)(H,30,31)/t16-,19-/m1/s1. The zero-order chi connectivity index (χ0) is 23.7. The maximum atomic E-state index is 12.0. The second-order valence-corrected chi connectivity index (χ2v) is 8.81. The van der Waals surface area contributed by atoms with Crippen LogP contribution in [0.25, 0.3) is 0 Å². The van der Waals surface area contributed by atoms with Crippen LogP contribution in [0.3, 0.4) is 0 Å². The Balaban J connectivity index is 1.58. The SMILES string of the molecule is C[C@@H](NC(=O)C(=O)CCCCCNC(=O)O[C@@H]1CN(C(=O)O)CC1(C)C)c1ccccc1. The van der Waals surface area contributed by atoms with Crippen LogP contribution in [-0.2, 0) is 14.3 Å². The highest BCUT2D eigenvalue weighted by Crippen LogP contribution is 2.32. The highest BCUT2D eigenvalue weighted by atomic mass is 16.6. The molecule has 2 rings (SSSR count). The average Bonchev–Trinajstić information content (AvgIpc) is 3.05. The summed E-state index contributed by atoms with van der Waals surface area (Å²) in [7, 11) is 0. The first-order valence-electron chi connectivity index (χ1n) is 10.9. The molecule has 1 aromatic carbocycles. The van der Waals surface area contributed by atoms with Gasteiger partial charge in [-0.25, -0.2) is 9.59 Å². The lowest BCUT2D eigenvalue weighted by Crippen LogP contribution is -2.37. The lowest BCUT2D eigenvalue weighted by atomic mass is 9.90. The van der Waals surface area contributed by atoms with Crippen molar-refractivity contribution in [2.45, 2.75) is 58.6 Å². The molecule has 1 fully saturated rings. The van der Waals surface area contributed by atoms with Gasteiger partial charge < -0.3 is 25.4 Å². The van der Waals surface area contributed by atoms with Crippen LogP contribution in [0, 0.1) is 5.41 Å². The number of carbonyl (C=O) groups excluding carboxylic acids is 3. The van der Waals surface area contributed by atoms with E-state index in [1.54, 1.807) is 0 Å². The second kappa shape index (κ2) is 11.5. The van der Waals surface area contributed by atoms with Crippen LogP contribution >= 0.6 is 0 Å². The van der Waals surface area contributed by atoms with Crippen LogP contribution in [0.5, 0.6) is 0 Å². The number of amides is 3. The second-order valence-electron chi connectivity index (χ2n) is 8.81. The summed E-state index contributed by atoms with van der Waals surface area (Å²) in [6, 6.07) is 9.19. The third-order valence-electron chi connectivity index (χ3n) is 5.63. The van der Waals surface area contributed by atoms with Crippen molar-refractivity contribution < 1.29 is 29.0 Å². The van der Waals surface area contributed by atoms with Crippen molar-refractivity contribution in [1.29, 1.82) is 0 Å². The van der Waals surface area contributed by atoms with Crippen molar-refractivity contribution >= 4 is 23.9 Å². The third kappa shape index (κ3) is 7.55. The lowest BCUT2D eigenvalue weighted by Gasteiger charge is -2.24. The average molecular weight is 448 g/mol. The van der Waals surface area contributed by atoms with Crippen LogP contribution in [0.1, 0.15) is 58.1 Å². The predicted octanol–water partition coefficient (Wildman–Crippen LogP) is 3.11. The van der Waals surface area contributed by atoms with E-state index in [1.165, 1.54) is 4.90 Å². The van der Waals surface area contributed by atoms with Gasteiger partial charge in [-0.1, -0.05) is 50.6 Å². The summed E-state index contributed by atoms with van der Waals surface area (Å²) in [6.45, 7) is 6.40. The number of unbranched alkanes of at least 4 members (excludes halogenated alkanes) is 2. The lowest BCUT2D eigenvalue weighted by molar-refractivity contribution is -0.138. The van der Waals surface area contributed by atoms with Gasteiger partial charge in [0.1, 0.15) is 6.10 Å². The van der Waals surface area contributed by atoms with E-state index in [-0.39, 0.29) is 19.0 Å². The molecular formula is C23H33N3O6. The molecule has 32 heavy (non-hydrogen) atoms. The number of alkyl carbamates (subject to hydrolysis) is 1. The molecule has 1 aliphatic rings. The first-order valence-corrected chi connectivity index (χ1v) is 10.9. The third-order valence-corrected chi connectivity index (χ3v) is 5.63. The largest absolute Gasteiger partial charge is 0.465 e. The van der Waals surface area contributed by atoms with Crippen molar-refractivity contribution in [1.82, 2.24) is 15.5 Å². The molecule has 1 heterocycles. The smallest absolute Gasteiger partial charge is 0.407 e. The molecule has 9 heteroatoms. The zero-order valence-corrected chi connectivity index (χ0v) is 18.9. The van der Waals surface area contributed by atoms with Crippen LogP contribution in [0.2, 0.25) is 0 Å². The molecule has 9 nitrogen and oxygen atoms in total. The number of ketones is 1. The fourth-order valence-corrected chi connectivity index (χ4v) is 3.61. The maximum Gasteiger partial charge on any atom is 0.407 e. The number of hydrogen-bond acceptors (Lipinski definition) is 5. The highest BCUT2D eigenvalue weighted by Gasteiger charge is 2.43. The summed E-state index contributed by atoms with van der Waals surface area (Å²) < 4.78 is 5.39. The monoisotopic (exact) mass is 447 g/mol. The summed E-state index contributed by atoms with van der Waals surface area (Å²) in [5, 5.41) is 14.5. The number of rotatable bonds is 10. The zero-order valence-electron chi connectivity index (χ0n) is 18.9. The normalized spacial score (nSPS) is 18.0. The van der Waals surface area contributed by atoms with Crippen molar-refractivity contribution in [2.24, 2.45) is 5.41 Å². The maximum absolute atomic E-state index is 12.0. The number of benzene rings is 1. The Bertz CT molecular complexity index is 811. The van der Waals surface area contributed by atoms with Crippen LogP contribution in [0.15, 0.2) is 30.3 Å². The van der Waals surface area contributed by atoms with Gasteiger partial charge in [0.2, 0.25) is 5.78 Å². The fourth-order valence-electron chi connectivity index (χ4n) is 3.61. The number of nitrogens with one attached hydrogen (secondary N) is 2. The molecule has 176 valence electrons. The molecule has 0 bridgehead atoms. The van der Waals surface area contributed by atoms with Gasteiger partial charge in [0.05, 0.1) is 12.6 Å². The topological polar surface area (TPSA) is 125 Å². The van der Waals surface area contributed by atoms with E-state index in [4.69, 9.17) is 9.84 Å². The molecule has 0 unspecified atom stereocenters. The Morgan fingerprint density at radius 1 is 1.16 bits per heavy atom. The highest BCUT2D eigenvalue weighted by molar-refractivity contribution is 6.36. The number of carbonyl (C=O) groups is 4. The molecule has 0 radical (unpaired) electrons. The number of ether oxygens (including phenoxy) is 1. The Kier molecular flexibility index (Phi) is 9.04. The van der Waals surface area contributed by atoms with Gasteiger partial charge in [-0.3, -0.25) is 9.59 Å². The van der Waals surface area contributed by atoms with Crippen molar-refractivity contribution in [2.75, 3.05) is 19.6 Å². The summed E-state index contributed by atoms with van der Waals surface area (Å²) >= 11 is 0. The van der Waals surface area contributed by atoms with Gasteiger partial charge in [-0.15, -0.1) is 0 Å². The minimum atomic E-state index is -1.03. The molecule has 1 aromatic rings. The number of Topliss-reactive ketones (excluding diaryl/α,β-unsaturated/α-hetero) is 1. The van der Waals surface area contributed by atoms with E-state index in [1.807, 2.05) is 51.1 Å². The Hall–Kier alpha value is -3.10. The van der Waals surface area contributed by atoms with Gasteiger partial charge in [0.25, 0.3) is 5.91 Å². The predicted molar refractivity (Wildman–Crippen MR) is 118 cm³/mol. The molecule has 0 aliphatic carbocycles. The summed E-state index contributed by atoms with van der Waals surface area (Å²) in [4.78, 5) is 48.4. The van der Waals surface area contributed by atoms with Crippen molar-refractivity contribution in [3.63, 3.8) is 0 Å². The van der Waals surface area contributed by atoms with Crippen molar-refractivity contribution in [3.8, 4) is 0 Å². The molecule has 3 amide bonds. The van der Waals surface area contributed by atoms with E-state index in [0.29, 0.717) is 32.4 Å². The Morgan fingerprint density at radius 3 is 2.47 bits per heavy atom. The minimum absolute atomic E-state index is 0.152. The summed E-state index contributed by atoms with van der Waals surface area (Å²) in [5.41, 5.74) is 0.484. The van der Waals surface area contributed by atoms with Crippen LogP contribution in [0.4, 0.5) is 9.59 Å². The summed E-state index contributed by atoms with van der Waals surface area (Å²) in [5.74, 6) is -1.04. The van der Waals surface area contributed by atoms with Gasteiger partial charge in [-0.2, -0.15) is 0 Å². The van der Waals surface area contributed by atoms with E-state index in [0.717, 1.165) is 5.56 Å². The Labute approximate surface area is 188 Å². The molecule has 1 aliphatic heterocycles. The van der Waals surface area contributed by atoms with Crippen LogP contribution in [-0.4, -0.2) is 59.6 Å². The van der Waals surface area contributed by atoms with Gasteiger partial charge in [0.15, 0.2) is 0 Å². The van der Waals surface area contributed by atoms with E-state index in [9.17, 15) is 19.2 Å². The Morgan fingerprint density at radius 2 is 1.84 bits per heavy atom. The molecule has 0 aromatic heterocycles. The number of hydrogen-bond donors (Lipinski definition) is 3. The number of carboxylic acid groups (broad SMARTS) is 1. The summed E-state index contributed by atoms with van der Waals surface area (Å²) in [6.07, 6.45) is -0.101. The fraction of sp³-hybridized carbons (Fsp3) is 0.565. The van der Waals surface area contributed by atoms with Crippen LogP contribution < -0.4 is 10.6 Å².